The highest BCUT2D eigenvalue weighted by atomic mass is 16.2. The van der Waals surface area contributed by atoms with Crippen LogP contribution in [0.1, 0.15) is 31.0 Å². The molecule has 2 aromatic rings. The number of nitrogens with one attached hydrogen (secondary N) is 2. The highest BCUT2D eigenvalue weighted by Crippen LogP contribution is 2.57. The molecule has 4 rings (SSSR count). The van der Waals surface area contributed by atoms with Crippen LogP contribution in [0.5, 0.6) is 0 Å². The van der Waals surface area contributed by atoms with Crippen LogP contribution < -0.4 is 10.6 Å². The van der Waals surface area contributed by atoms with Crippen LogP contribution in [0.4, 0.5) is 5.69 Å². The van der Waals surface area contributed by atoms with Crippen molar-refractivity contribution in [1.82, 2.24) is 10.2 Å². The normalized spacial score (nSPS) is 28.5. The molecule has 0 bridgehead atoms. The summed E-state index contributed by atoms with van der Waals surface area (Å²) < 4.78 is 0. The van der Waals surface area contributed by atoms with Crippen molar-refractivity contribution in [2.24, 2.45) is 11.8 Å². The van der Waals surface area contributed by atoms with Crippen molar-refractivity contribution in [3.63, 3.8) is 0 Å². The summed E-state index contributed by atoms with van der Waals surface area (Å²) in [5.74, 6) is -0.0558. The zero-order valence-electron chi connectivity index (χ0n) is 16.8. The molecule has 4 atom stereocenters. The van der Waals surface area contributed by atoms with E-state index in [4.69, 9.17) is 0 Å². The summed E-state index contributed by atoms with van der Waals surface area (Å²) in [6.07, 6.45) is 0. The molecule has 146 valence electrons. The van der Waals surface area contributed by atoms with Crippen molar-refractivity contribution >= 4 is 17.5 Å². The van der Waals surface area contributed by atoms with E-state index in [-0.39, 0.29) is 29.7 Å². The maximum absolute atomic E-state index is 13.6. The molecule has 2 N–H and O–H groups in total. The fourth-order valence-electron chi connectivity index (χ4n) is 5.21. The summed E-state index contributed by atoms with van der Waals surface area (Å²) in [5.41, 5.74) is 2.02. The second-order valence-corrected chi connectivity index (χ2v) is 8.36. The van der Waals surface area contributed by atoms with Crippen LogP contribution in [0.2, 0.25) is 0 Å². The van der Waals surface area contributed by atoms with Gasteiger partial charge in [0.25, 0.3) is 0 Å². The third-order valence-electron chi connectivity index (χ3n) is 6.24. The molecule has 0 unspecified atom stereocenters. The monoisotopic (exact) mass is 377 g/mol. The topological polar surface area (TPSA) is 61.4 Å². The van der Waals surface area contributed by atoms with Gasteiger partial charge in [-0.25, -0.2) is 0 Å². The van der Waals surface area contributed by atoms with Gasteiger partial charge in [0.15, 0.2) is 0 Å². The lowest BCUT2D eigenvalue weighted by Gasteiger charge is -2.37. The minimum absolute atomic E-state index is 0.00804. The first-order chi connectivity index (χ1) is 13.4. The van der Waals surface area contributed by atoms with Gasteiger partial charge in [0.2, 0.25) is 11.8 Å². The third-order valence-corrected chi connectivity index (χ3v) is 6.24. The first kappa shape index (κ1) is 18.7. The summed E-state index contributed by atoms with van der Waals surface area (Å²) in [4.78, 5) is 28.4. The molecule has 2 aromatic carbocycles. The van der Waals surface area contributed by atoms with Gasteiger partial charge in [0.1, 0.15) is 5.41 Å². The molecule has 1 saturated heterocycles. The van der Waals surface area contributed by atoms with Crippen molar-refractivity contribution in [3.8, 4) is 0 Å². The lowest BCUT2D eigenvalue weighted by molar-refractivity contribution is -0.132. The molecule has 0 radical (unpaired) electrons. The highest BCUT2D eigenvalue weighted by Gasteiger charge is 2.66. The first-order valence-corrected chi connectivity index (χ1v) is 9.82. The minimum atomic E-state index is -0.831. The van der Waals surface area contributed by atoms with E-state index in [9.17, 15) is 9.59 Å². The van der Waals surface area contributed by atoms with Crippen LogP contribution in [-0.4, -0.2) is 36.9 Å². The number of benzene rings is 2. The third kappa shape index (κ3) is 2.49. The Morgan fingerprint density at radius 2 is 1.68 bits per heavy atom. The molecule has 1 fully saturated rings. The van der Waals surface area contributed by atoms with Crippen molar-refractivity contribution in [2.45, 2.75) is 31.3 Å². The Kier molecular flexibility index (Phi) is 4.50. The second-order valence-electron chi connectivity index (χ2n) is 8.36. The van der Waals surface area contributed by atoms with E-state index in [1.54, 1.807) is 19.0 Å². The van der Waals surface area contributed by atoms with Crippen LogP contribution in [0, 0.1) is 11.8 Å². The van der Waals surface area contributed by atoms with Gasteiger partial charge in [-0.1, -0.05) is 62.4 Å². The van der Waals surface area contributed by atoms with E-state index >= 15 is 0 Å². The molecule has 0 saturated carbocycles. The van der Waals surface area contributed by atoms with E-state index in [1.807, 2.05) is 54.6 Å². The van der Waals surface area contributed by atoms with Crippen molar-refractivity contribution < 1.29 is 9.59 Å². The predicted octanol–water partition coefficient (Wildman–Crippen LogP) is 2.95. The van der Waals surface area contributed by atoms with E-state index in [0.717, 1.165) is 16.8 Å². The minimum Gasteiger partial charge on any atom is -0.347 e. The second kappa shape index (κ2) is 6.74. The van der Waals surface area contributed by atoms with Gasteiger partial charge in [0, 0.05) is 25.7 Å². The Morgan fingerprint density at radius 3 is 2.32 bits per heavy atom. The molecule has 2 amide bonds. The van der Waals surface area contributed by atoms with Gasteiger partial charge < -0.3 is 10.2 Å². The van der Waals surface area contributed by atoms with Gasteiger partial charge in [-0.2, -0.15) is 0 Å². The molecular weight excluding hydrogens is 350 g/mol. The van der Waals surface area contributed by atoms with Crippen LogP contribution in [-0.2, 0) is 15.0 Å². The number of amides is 2. The Morgan fingerprint density at radius 1 is 1.04 bits per heavy atom. The molecule has 2 aliphatic heterocycles. The average molecular weight is 377 g/mol. The highest BCUT2D eigenvalue weighted by molar-refractivity contribution is 6.08. The molecular formula is C23H27N3O2. The number of hydrogen-bond acceptors (Lipinski definition) is 3. The van der Waals surface area contributed by atoms with Crippen molar-refractivity contribution in [1.29, 1.82) is 0 Å². The number of hydrogen-bond donors (Lipinski definition) is 2. The zero-order valence-corrected chi connectivity index (χ0v) is 16.8. The standard InChI is InChI=1S/C23H27N3O2/c1-14(2)18-19(21(27)26(3)4)25-20(15-10-6-5-7-11-15)23(18)16-12-8-9-13-17(16)24-22(23)28/h5-14,18-20,25H,1-4H3,(H,24,28)/t18-,19+,20+,23+/m1/s1. The van der Waals surface area contributed by atoms with Gasteiger partial charge in [0.05, 0.1) is 12.1 Å². The molecule has 28 heavy (non-hydrogen) atoms. The fourth-order valence-corrected chi connectivity index (χ4v) is 5.21. The molecule has 1 spiro atoms. The Labute approximate surface area is 166 Å². The quantitative estimate of drug-likeness (QED) is 0.865. The lowest BCUT2D eigenvalue weighted by atomic mass is 9.62. The smallest absolute Gasteiger partial charge is 0.239 e. The van der Waals surface area contributed by atoms with E-state index in [1.165, 1.54) is 0 Å². The van der Waals surface area contributed by atoms with Crippen molar-refractivity contribution in [2.75, 3.05) is 19.4 Å². The molecule has 0 aromatic heterocycles. The maximum atomic E-state index is 13.6. The molecule has 5 heteroatoms. The van der Waals surface area contributed by atoms with Gasteiger partial charge in [-0.05, 0) is 23.1 Å². The van der Waals surface area contributed by atoms with Crippen molar-refractivity contribution in [3.05, 3.63) is 65.7 Å². The van der Waals surface area contributed by atoms with Crippen LogP contribution in [0.25, 0.3) is 0 Å². The SMILES string of the molecule is CC(C)[C@@H]1[C@@H](C(=O)N(C)C)N[C@@H](c2ccccc2)[C@@]12C(=O)Nc1ccccc12. The largest absolute Gasteiger partial charge is 0.347 e. The number of nitrogens with zero attached hydrogens (tertiary/aromatic N) is 1. The number of carbonyl (C=O) groups excluding carboxylic acids is 2. The number of rotatable bonds is 3. The van der Waals surface area contributed by atoms with E-state index in [2.05, 4.69) is 24.5 Å². The fraction of sp³-hybridized carbons (Fsp3) is 0.391. The van der Waals surface area contributed by atoms with Gasteiger partial charge in [-0.3, -0.25) is 14.9 Å². The predicted molar refractivity (Wildman–Crippen MR) is 110 cm³/mol. The van der Waals surface area contributed by atoms with Crippen LogP contribution >= 0.6 is 0 Å². The summed E-state index contributed by atoms with van der Waals surface area (Å²) in [6.45, 7) is 4.21. The summed E-state index contributed by atoms with van der Waals surface area (Å²) in [7, 11) is 3.54. The van der Waals surface area contributed by atoms with Gasteiger partial charge >= 0.3 is 0 Å². The molecule has 5 nitrogen and oxygen atoms in total. The first-order valence-electron chi connectivity index (χ1n) is 9.82. The summed E-state index contributed by atoms with van der Waals surface area (Å²) in [5, 5.41) is 6.67. The molecule has 2 heterocycles. The summed E-state index contributed by atoms with van der Waals surface area (Å²) >= 11 is 0. The number of para-hydroxylation sites is 1. The van der Waals surface area contributed by atoms with Gasteiger partial charge in [-0.15, -0.1) is 0 Å². The van der Waals surface area contributed by atoms with Crippen LogP contribution in [0.15, 0.2) is 54.6 Å². The Hall–Kier alpha value is -2.66. The Balaban J connectivity index is 1.98. The maximum Gasteiger partial charge on any atom is 0.239 e. The molecule has 2 aliphatic rings. The summed E-state index contributed by atoms with van der Waals surface area (Å²) in [6, 6.07) is 17.2. The van der Waals surface area contributed by atoms with E-state index in [0.29, 0.717) is 0 Å². The molecule has 0 aliphatic carbocycles. The number of fused-ring (bicyclic) bond motifs is 2. The van der Waals surface area contributed by atoms with E-state index < -0.39 is 11.5 Å². The Bertz CT molecular complexity index is 909. The zero-order chi connectivity index (χ0) is 20.1. The number of likely N-dealkylation sites (N-methyl/N-ethyl adjacent to an activating group) is 1. The number of carbonyl (C=O) groups is 2. The lowest BCUT2D eigenvalue weighted by Crippen LogP contribution is -2.49. The number of anilines is 1. The van der Waals surface area contributed by atoms with Crippen LogP contribution in [0.3, 0.4) is 0 Å². The average Bonchev–Trinajstić information content (AvgIpc) is 3.19.